The van der Waals surface area contributed by atoms with E-state index in [0.29, 0.717) is 12.2 Å². The molecule has 3 heterocycles. The van der Waals surface area contributed by atoms with Crippen LogP contribution in [0.1, 0.15) is 32.1 Å². The average molecular weight is 307 g/mol. The Hall–Kier alpha value is -2.88. The van der Waals surface area contributed by atoms with Crippen molar-refractivity contribution in [2.24, 2.45) is 0 Å². The van der Waals surface area contributed by atoms with Crippen LogP contribution in [0.2, 0.25) is 0 Å². The number of fused-ring (bicyclic) bond motifs is 1. The van der Waals surface area contributed by atoms with Gasteiger partial charge in [0.25, 0.3) is 0 Å². The Bertz CT molecular complexity index is 893. The molecule has 1 aliphatic carbocycles. The van der Waals surface area contributed by atoms with Crippen LogP contribution in [0.3, 0.4) is 0 Å². The second kappa shape index (κ2) is 5.09. The molecule has 3 aromatic rings. The molecule has 0 saturated heterocycles. The predicted octanol–water partition coefficient (Wildman–Crippen LogP) is 2.59. The molecule has 0 amide bonds. The van der Waals surface area contributed by atoms with Crippen molar-refractivity contribution in [3.05, 3.63) is 24.8 Å². The van der Waals surface area contributed by atoms with Gasteiger partial charge < -0.3 is 10.7 Å². The van der Waals surface area contributed by atoms with E-state index in [-0.39, 0.29) is 5.54 Å². The third-order valence-electron chi connectivity index (χ3n) is 4.78. The minimum atomic E-state index is -0.231. The van der Waals surface area contributed by atoms with Crippen LogP contribution < -0.4 is 5.73 Å². The molecule has 1 aliphatic rings. The van der Waals surface area contributed by atoms with Crippen molar-refractivity contribution < 1.29 is 0 Å². The first-order valence-electron chi connectivity index (χ1n) is 7.74. The number of H-pyrrole nitrogens is 1. The number of nitrogens with one attached hydrogen (secondary N) is 1. The van der Waals surface area contributed by atoms with Gasteiger partial charge in [0.1, 0.15) is 12.0 Å². The van der Waals surface area contributed by atoms with E-state index in [2.05, 4.69) is 26.1 Å². The molecule has 7 heteroatoms. The first kappa shape index (κ1) is 13.8. The van der Waals surface area contributed by atoms with E-state index in [1.54, 1.807) is 0 Å². The minimum Gasteiger partial charge on any atom is -0.382 e. The molecular weight excluding hydrogens is 290 g/mol. The molecule has 0 atom stereocenters. The lowest BCUT2D eigenvalue weighted by Gasteiger charge is -2.26. The zero-order valence-electron chi connectivity index (χ0n) is 12.7. The fourth-order valence-corrected chi connectivity index (χ4v) is 3.57. The van der Waals surface area contributed by atoms with Gasteiger partial charge in [-0.15, -0.1) is 0 Å². The summed E-state index contributed by atoms with van der Waals surface area (Å²) >= 11 is 0. The highest BCUT2D eigenvalue weighted by Crippen LogP contribution is 2.41. The number of aromatic amines is 1. The Kier molecular flexibility index (Phi) is 3.05. The van der Waals surface area contributed by atoms with Crippen LogP contribution in [0.15, 0.2) is 24.8 Å². The Morgan fingerprint density at radius 1 is 1.35 bits per heavy atom. The zero-order valence-corrected chi connectivity index (χ0v) is 12.7. The molecule has 116 valence electrons. The van der Waals surface area contributed by atoms with E-state index in [4.69, 9.17) is 5.73 Å². The predicted molar refractivity (Wildman–Crippen MR) is 86.2 cm³/mol. The highest BCUT2D eigenvalue weighted by atomic mass is 15.3. The third-order valence-corrected chi connectivity index (χ3v) is 4.78. The van der Waals surface area contributed by atoms with Gasteiger partial charge in [0.05, 0.1) is 29.3 Å². The van der Waals surface area contributed by atoms with Gasteiger partial charge >= 0.3 is 0 Å². The molecule has 0 unspecified atom stereocenters. The second-order valence-corrected chi connectivity index (χ2v) is 6.10. The largest absolute Gasteiger partial charge is 0.382 e. The maximum atomic E-state index is 9.21. The fourth-order valence-electron chi connectivity index (χ4n) is 3.57. The van der Waals surface area contributed by atoms with Crippen molar-refractivity contribution >= 4 is 16.9 Å². The normalized spacial score (nSPS) is 16.7. The Labute approximate surface area is 133 Å². The van der Waals surface area contributed by atoms with Crippen molar-refractivity contribution in [3.8, 4) is 17.3 Å². The van der Waals surface area contributed by atoms with Crippen molar-refractivity contribution in [1.29, 1.82) is 5.26 Å². The van der Waals surface area contributed by atoms with Crippen LogP contribution in [-0.2, 0) is 5.54 Å². The van der Waals surface area contributed by atoms with Crippen LogP contribution in [0.5, 0.6) is 0 Å². The summed E-state index contributed by atoms with van der Waals surface area (Å²) in [4.78, 5) is 11.7. The van der Waals surface area contributed by atoms with E-state index in [0.717, 1.165) is 48.0 Å². The molecule has 1 saturated carbocycles. The highest BCUT2D eigenvalue weighted by molar-refractivity contribution is 5.92. The van der Waals surface area contributed by atoms with Crippen molar-refractivity contribution in [2.75, 3.05) is 5.73 Å². The molecule has 23 heavy (non-hydrogen) atoms. The maximum absolute atomic E-state index is 9.21. The van der Waals surface area contributed by atoms with Crippen molar-refractivity contribution in [2.45, 2.75) is 37.6 Å². The molecule has 3 aromatic heterocycles. The fraction of sp³-hybridized carbons (Fsp3) is 0.375. The summed E-state index contributed by atoms with van der Waals surface area (Å²) in [5.74, 6) is 0.440. The van der Waals surface area contributed by atoms with Crippen molar-refractivity contribution in [1.82, 2.24) is 24.7 Å². The SMILES string of the molecule is N#CCC1(n2cc(-c3ncnc4[nH]ccc34)c(N)n2)CCCC1. The van der Waals surface area contributed by atoms with Gasteiger partial charge in [0, 0.05) is 17.8 Å². The molecule has 3 N–H and O–H groups in total. The summed E-state index contributed by atoms with van der Waals surface area (Å²) in [5, 5.41) is 14.7. The first-order valence-corrected chi connectivity index (χ1v) is 7.74. The number of hydrogen-bond acceptors (Lipinski definition) is 5. The van der Waals surface area contributed by atoms with Gasteiger partial charge in [-0.05, 0) is 18.9 Å². The number of nitriles is 1. The summed E-state index contributed by atoms with van der Waals surface area (Å²) in [5.41, 5.74) is 8.27. The van der Waals surface area contributed by atoms with E-state index in [1.165, 1.54) is 6.33 Å². The lowest BCUT2D eigenvalue weighted by atomic mass is 9.94. The van der Waals surface area contributed by atoms with E-state index < -0.39 is 0 Å². The number of nitrogen functional groups attached to an aromatic ring is 1. The number of nitrogens with zero attached hydrogens (tertiary/aromatic N) is 5. The second-order valence-electron chi connectivity index (χ2n) is 6.10. The molecule has 0 bridgehead atoms. The number of nitrogens with two attached hydrogens (primary N) is 1. The van der Waals surface area contributed by atoms with Gasteiger partial charge in [0.2, 0.25) is 0 Å². The molecule has 1 fully saturated rings. The summed E-state index contributed by atoms with van der Waals surface area (Å²) in [6, 6.07) is 4.24. The molecule has 0 spiro atoms. The number of anilines is 1. The van der Waals surface area contributed by atoms with Gasteiger partial charge in [-0.2, -0.15) is 10.4 Å². The summed E-state index contributed by atoms with van der Waals surface area (Å²) in [7, 11) is 0. The molecule has 0 aromatic carbocycles. The van der Waals surface area contributed by atoms with Crippen LogP contribution in [0.4, 0.5) is 5.82 Å². The van der Waals surface area contributed by atoms with Crippen molar-refractivity contribution in [3.63, 3.8) is 0 Å². The molecule has 0 aliphatic heterocycles. The summed E-state index contributed by atoms with van der Waals surface area (Å²) in [6.07, 6.45) is 9.90. The maximum Gasteiger partial charge on any atom is 0.154 e. The minimum absolute atomic E-state index is 0.231. The number of aromatic nitrogens is 5. The standard InChI is InChI=1S/C16H17N7/c17-7-6-16(4-1-2-5-16)23-9-12(14(18)22-23)13-11-3-8-19-15(11)21-10-20-13/h3,8-10H,1-2,4-6H2,(H2,18,22)(H,19,20,21). The van der Waals surface area contributed by atoms with E-state index >= 15 is 0 Å². The topological polar surface area (TPSA) is 109 Å². The monoisotopic (exact) mass is 307 g/mol. The lowest BCUT2D eigenvalue weighted by Crippen LogP contribution is -2.30. The number of hydrogen-bond donors (Lipinski definition) is 2. The Morgan fingerprint density at radius 3 is 2.96 bits per heavy atom. The van der Waals surface area contributed by atoms with Crippen LogP contribution in [0, 0.1) is 11.3 Å². The van der Waals surface area contributed by atoms with Gasteiger partial charge in [-0.25, -0.2) is 9.97 Å². The summed E-state index contributed by atoms with van der Waals surface area (Å²) < 4.78 is 1.90. The molecule has 4 rings (SSSR count). The van der Waals surface area contributed by atoms with E-state index in [9.17, 15) is 5.26 Å². The zero-order chi connectivity index (χ0) is 15.9. The smallest absolute Gasteiger partial charge is 0.154 e. The van der Waals surface area contributed by atoms with Gasteiger partial charge in [-0.1, -0.05) is 12.8 Å². The highest BCUT2D eigenvalue weighted by Gasteiger charge is 2.37. The summed E-state index contributed by atoms with van der Waals surface area (Å²) in [6.45, 7) is 0. The lowest BCUT2D eigenvalue weighted by molar-refractivity contribution is 0.270. The third kappa shape index (κ3) is 2.06. The quantitative estimate of drug-likeness (QED) is 0.773. The van der Waals surface area contributed by atoms with Gasteiger partial charge in [0.15, 0.2) is 5.82 Å². The Balaban J connectivity index is 1.84. The average Bonchev–Trinajstić information content (AvgIpc) is 3.26. The molecule has 7 nitrogen and oxygen atoms in total. The molecular formula is C16H17N7. The van der Waals surface area contributed by atoms with Crippen LogP contribution in [0.25, 0.3) is 22.3 Å². The van der Waals surface area contributed by atoms with Gasteiger partial charge in [-0.3, -0.25) is 4.68 Å². The Morgan fingerprint density at radius 2 is 2.17 bits per heavy atom. The van der Waals surface area contributed by atoms with E-state index in [1.807, 2.05) is 23.1 Å². The number of rotatable bonds is 3. The first-order chi connectivity index (χ1) is 11.2. The van der Waals surface area contributed by atoms with Crippen LogP contribution >= 0.6 is 0 Å². The molecule has 0 radical (unpaired) electrons. The van der Waals surface area contributed by atoms with Crippen LogP contribution in [-0.4, -0.2) is 24.7 Å².